The molecule has 0 amide bonds. The molecule has 7 nitrogen and oxygen atoms in total. The summed E-state index contributed by atoms with van der Waals surface area (Å²) < 4.78 is 48.7. The minimum Gasteiger partial charge on any atom is -0.481 e. The molecule has 1 atom stereocenters. The Kier molecular flexibility index (Phi) is 4.65. The summed E-state index contributed by atoms with van der Waals surface area (Å²) in [6, 6.07) is 12.9. The second-order valence-corrected chi connectivity index (χ2v) is 7.58. The third-order valence-corrected chi connectivity index (χ3v) is 5.47. The summed E-state index contributed by atoms with van der Waals surface area (Å²) in [7, 11) is 0. The van der Waals surface area contributed by atoms with E-state index in [1.54, 1.807) is 6.07 Å². The fourth-order valence-electron chi connectivity index (χ4n) is 4.15. The number of nitrogens with zero attached hydrogens (tertiary/aromatic N) is 3. The first-order chi connectivity index (χ1) is 15.3. The van der Waals surface area contributed by atoms with Crippen molar-refractivity contribution in [3.05, 3.63) is 54.2 Å². The Morgan fingerprint density at radius 3 is 2.81 bits per heavy atom. The maximum atomic E-state index is 12.5. The van der Waals surface area contributed by atoms with Gasteiger partial charge in [0.1, 0.15) is 5.75 Å². The van der Waals surface area contributed by atoms with Crippen LogP contribution >= 0.6 is 0 Å². The van der Waals surface area contributed by atoms with Crippen LogP contribution in [0.25, 0.3) is 33.7 Å². The molecule has 0 spiro atoms. The zero-order chi connectivity index (χ0) is 22.5. The fraction of sp³-hybridized carbons (Fsp3) is 0.227. The molecule has 2 aromatic carbocycles. The highest BCUT2D eigenvalue weighted by atomic mass is 19.4. The van der Waals surface area contributed by atoms with Gasteiger partial charge in [0, 0.05) is 40.2 Å². The standard InChI is InChI=1S/C22H16F3N3O4/c23-22(24,25)31-16-3-1-2-14(9-16)21-26-20(27-32-21)13-4-5-17-15(8-13)10-18-12(11-19(29)30)6-7-28(17)18/h1-5,8-10,12H,6-7,11H2,(H,29,30)/t12-/m0/s1. The molecular formula is C22H16F3N3O4. The number of carboxylic acids is 1. The van der Waals surface area contributed by atoms with Crippen LogP contribution in [0, 0.1) is 0 Å². The molecule has 0 aliphatic carbocycles. The van der Waals surface area contributed by atoms with Gasteiger partial charge in [0.15, 0.2) is 0 Å². The quantitative estimate of drug-likeness (QED) is 0.455. The van der Waals surface area contributed by atoms with Crippen LogP contribution < -0.4 is 4.74 Å². The van der Waals surface area contributed by atoms with Gasteiger partial charge >= 0.3 is 12.3 Å². The molecule has 1 aliphatic heterocycles. The van der Waals surface area contributed by atoms with Crippen LogP contribution in [0.5, 0.6) is 5.75 Å². The summed E-state index contributed by atoms with van der Waals surface area (Å²) in [6.45, 7) is 0.763. The monoisotopic (exact) mass is 443 g/mol. The van der Waals surface area contributed by atoms with E-state index in [1.165, 1.54) is 18.2 Å². The van der Waals surface area contributed by atoms with E-state index in [0.717, 1.165) is 29.6 Å². The van der Waals surface area contributed by atoms with E-state index in [2.05, 4.69) is 19.4 Å². The predicted octanol–water partition coefficient (Wildman–Crippen LogP) is 5.22. The molecule has 4 aromatic rings. The van der Waals surface area contributed by atoms with Crippen molar-refractivity contribution in [2.45, 2.75) is 31.7 Å². The van der Waals surface area contributed by atoms with Crippen molar-refractivity contribution in [3.63, 3.8) is 0 Å². The van der Waals surface area contributed by atoms with E-state index in [1.807, 2.05) is 24.3 Å². The zero-order valence-electron chi connectivity index (χ0n) is 16.5. The Morgan fingerprint density at radius 2 is 2.03 bits per heavy atom. The lowest BCUT2D eigenvalue weighted by Gasteiger charge is -2.08. The van der Waals surface area contributed by atoms with E-state index < -0.39 is 12.3 Å². The normalized spacial score (nSPS) is 15.8. The molecule has 10 heteroatoms. The van der Waals surface area contributed by atoms with Gasteiger partial charge in [0.2, 0.25) is 5.82 Å². The first-order valence-corrected chi connectivity index (χ1v) is 9.82. The fourth-order valence-corrected chi connectivity index (χ4v) is 4.15. The first kappa shape index (κ1) is 20.1. The highest BCUT2D eigenvalue weighted by Crippen LogP contribution is 2.37. The van der Waals surface area contributed by atoms with Crippen molar-refractivity contribution < 1.29 is 32.3 Å². The Labute approximate surface area is 179 Å². The van der Waals surface area contributed by atoms with Crippen molar-refractivity contribution in [1.82, 2.24) is 14.7 Å². The Morgan fingerprint density at radius 1 is 1.19 bits per heavy atom. The van der Waals surface area contributed by atoms with Gasteiger partial charge < -0.3 is 18.9 Å². The molecule has 0 saturated carbocycles. The number of carbonyl (C=O) groups is 1. The van der Waals surface area contributed by atoms with Crippen molar-refractivity contribution >= 4 is 16.9 Å². The molecule has 1 aliphatic rings. The maximum absolute atomic E-state index is 12.5. The molecule has 0 unspecified atom stereocenters. The third kappa shape index (κ3) is 3.79. The molecule has 32 heavy (non-hydrogen) atoms. The van der Waals surface area contributed by atoms with E-state index >= 15 is 0 Å². The van der Waals surface area contributed by atoms with Gasteiger partial charge in [-0.2, -0.15) is 4.98 Å². The number of ether oxygens (including phenoxy) is 1. The number of aromatic nitrogens is 3. The molecule has 0 radical (unpaired) electrons. The van der Waals surface area contributed by atoms with Crippen molar-refractivity contribution in [2.24, 2.45) is 0 Å². The minimum atomic E-state index is -4.80. The Balaban J connectivity index is 1.44. The van der Waals surface area contributed by atoms with E-state index in [0.29, 0.717) is 11.1 Å². The SMILES string of the molecule is O=C(O)C[C@@H]1CCn2c1cc1cc(-c3noc(-c4cccc(OC(F)(F)F)c4)n3)ccc12. The van der Waals surface area contributed by atoms with Crippen molar-refractivity contribution in [1.29, 1.82) is 0 Å². The van der Waals surface area contributed by atoms with E-state index in [9.17, 15) is 18.0 Å². The Hall–Kier alpha value is -3.82. The highest BCUT2D eigenvalue weighted by Gasteiger charge is 2.31. The van der Waals surface area contributed by atoms with Gasteiger partial charge in [-0.3, -0.25) is 4.79 Å². The number of alkyl halides is 3. The first-order valence-electron chi connectivity index (χ1n) is 9.82. The molecule has 0 fully saturated rings. The summed E-state index contributed by atoms with van der Waals surface area (Å²) in [6.07, 6.45) is -3.91. The lowest BCUT2D eigenvalue weighted by molar-refractivity contribution is -0.274. The van der Waals surface area contributed by atoms with Crippen LogP contribution in [0.4, 0.5) is 13.2 Å². The van der Waals surface area contributed by atoms with Crippen LogP contribution in [0.3, 0.4) is 0 Å². The van der Waals surface area contributed by atoms with Gasteiger partial charge in [0.25, 0.3) is 5.89 Å². The van der Waals surface area contributed by atoms with Crippen LogP contribution in [0.15, 0.2) is 53.1 Å². The number of fused-ring (bicyclic) bond motifs is 3. The second kappa shape index (κ2) is 7.40. The number of carboxylic acid groups (broad SMARTS) is 1. The lowest BCUT2D eigenvalue weighted by atomic mass is 10.0. The van der Waals surface area contributed by atoms with Crippen molar-refractivity contribution in [3.8, 4) is 28.6 Å². The minimum absolute atomic E-state index is 0.0219. The van der Waals surface area contributed by atoms with E-state index in [-0.39, 0.29) is 29.8 Å². The number of aryl methyl sites for hydroxylation is 1. The number of aliphatic carboxylic acids is 1. The third-order valence-electron chi connectivity index (χ3n) is 5.47. The molecule has 3 heterocycles. The molecule has 164 valence electrons. The van der Waals surface area contributed by atoms with Crippen molar-refractivity contribution in [2.75, 3.05) is 0 Å². The van der Waals surface area contributed by atoms with Gasteiger partial charge in [0.05, 0.1) is 6.42 Å². The van der Waals surface area contributed by atoms with Crippen LogP contribution in [-0.2, 0) is 11.3 Å². The predicted molar refractivity (Wildman–Crippen MR) is 107 cm³/mol. The average molecular weight is 443 g/mol. The maximum Gasteiger partial charge on any atom is 0.573 e. The molecule has 0 bridgehead atoms. The number of rotatable bonds is 5. The summed E-state index contributed by atoms with van der Waals surface area (Å²) in [5.41, 5.74) is 2.97. The number of halogens is 3. The highest BCUT2D eigenvalue weighted by molar-refractivity contribution is 5.86. The molecule has 5 rings (SSSR count). The van der Waals surface area contributed by atoms with Crippen LogP contribution in [0.2, 0.25) is 0 Å². The molecular weight excluding hydrogens is 427 g/mol. The smallest absolute Gasteiger partial charge is 0.481 e. The topological polar surface area (TPSA) is 90.4 Å². The summed E-state index contributed by atoms with van der Waals surface area (Å²) in [4.78, 5) is 15.4. The molecule has 1 N–H and O–H groups in total. The van der Waals surface area contributed by atoms with Gasteiger partial charge in [-0.1, -0.05) is 11.2 Å². The second-order valence-electron chi connectivity index (χ2n) is 7.58. The summed E-state index contributed by atoms with van der Waals surface area (Å²) >= 11 is 0. The summed E-state index contributed by atoms with van der Waals surface area (Å²) in [5.74, 6) is -0.869. The van der Waals surface area contributed by atoms with Gasteiger partial charge in [-0.15, -0.1) is 13.2 Å². The Bertz CT molecular complexity index is 1330. The van der Waals surface area contributed by atoms with E-state index in [4.69, 9.17) is 9.63 Å². The largest absolute Gasteiger partial charge is 0.573 e. The molecule has 0 saturated heterocycles. The summed E-state index contributed by atoms with van der Waals surface area (Å²) in [5, 5.41) is 14.0. The average Bonchev–Trinajstić information content (AvgIpc) is 3.42. The zero-order valence-corrected chi connectivity index (χ0v) is 16.5. The molecule has 2 aromatic heterocycles. The number of benzene rings is 2. The number of hydrogen-bond acceptors (Lipinski definition) is 5. The van der Waals surface area contributed by atoms with Crippen LogP contribution in [-0.4, -0.2) is 32.1 Å². The lowest BCUT2D eigenvalue weighted by Crippen LogP contribution is -2.17. The van der Waals surface area contributed by atoms with Crippen LogP contribution in [0.1, 0.15) is 24.5 Å². The van der Waals surface area contributed by atoms with Gasteiger partial charge in [-0.25, -0.2) is 0 Å². The van der Waals surface area contributed by atoms with Gasteiger partial charge in [-0.05, 0) is 48.9 Å². The number of hydrogen-bond donors (Lipinski definition) is 1.